The molecule has 0 bridgehead atoms. The van der Waals surface area contributed by atoms with Gasteiger partial charge in [0.15, 0.2) is 12.7 Å². The lowest BCUT2D eigenvalue weighted by Crippen LogP contribution is -2.36. The van der Waals surface area contributed by atoms with Gasteiger partial charge in [0.1, 0.15) is 5.75 Å². The molecule has 2 aromatic carbocycles. The third-order valence-corrected chi connectivity index (χ3v) is 4.73. The fourth-order valence-corrected chi connectivity index (χ4v) is 3.00. The van der Waals surface area contributed by atoms with E-state index < -0.39 is 12.1 Å². The lowest BCUT2D eigenvalue weighted by Gasteiger charge is -2.22. The Morgan fingerprint density at radius 2 is 1.69 bits per heavy atom. The maximum Gasteiger partial charge on any atom is 0.333 e. The molecule has 0 saturated heterocycles. The van der Waals surface area contributed by atoms with Crippen LogP contribution in [-0.2, 0) is 36.8 Å². The SMILES string of the molecule is CCOC(=O)CCN(Cc1ccccc1)C(=O)COc1ccc(C[C@H](OC)C(=O)O)cc1. The molecule has 0 aliphatic carbocycles. The lowest BCUT2D eigenvalue weighted by molar-refractivity contribution is -0.148. The Labute approximate surface area is 187 Å². The van der Waals surface area contributed by atoms with Crippen molar-refractivity contribution in [3.63, 3.8) is 0 Å². The van der Waals surface area contributed by atoms with Crippen molar-refractivity contribution < 1.29 is 33.7 Å². The molecule has 0 heterocycles. The highest BCUT2D eigenvalue weighted by Gasteiger charge is 2.18. The van der Waals surface area contributed by atoms with Gasteiger partial charge in [-0.25, -0.2) is 4.79 Å². The standard InChI is InChI=1S/C24H29NO7/c1-3-31-23(27)13-14-25(16-19-7-5-4-6-8-19)22(26)17-32-20-11-9-18(10-12-20)15-21(30-2)24(28)29/h4-12,21H,3,13-17H2,1-2H3,(H,28,29)/t21-/m0/s1. The number of hydrogen-bond donors (Lipinski definition) is 1. The van der Waals surface area contributed by atoms with Crippen molar-refractivity contribution in [1.82, 2.24) is 4.90 Å². The summed E-state index contributed by atoms with van der Waals surface area (Å²) < 4.78 is 15.5. The highest BCUT2D eigenvalue weighted by molar-refractivity contribution is 5.78. The Bertz CT molecular complexity index is 868. The van der Waals surface area contributed by atoms with Gasteiger partial charge >= 0.3 is 11.9 Å². The summed E-state index contributed by atoms with van der Waals surface area (Å²) in [6.07, 6.45) is -0.593. The topological polar surface area (TPSA) is 102 Å². The van der Waals surface area contributed by atoms with E-state index in [1.807, 2.05) is 30.3 Å². The molecule has 172 valence electrons. The average molecular weight is 443 g/mol. The molecule has 1 amide bonds. The Morgan fingerprint density at radius 1 is 1.00 bits per heavy atom. The van der Waals surface area contributed by atoms with Crippen LogP contribution in [-0.4, -0.2) is 60.8 Å². The molecule has 2 aromatic rings. The van der Waals surface area contributed by atoms with E-state index in [9.17, 15) is 14.4 Å². The second-order valence-corrected chi connectivity index (χ2v) is 7.06. The van der Waals surface area contributed by atoms with Gasteiger partial charge in [-0.2, -0.15) is 0 Å². The molecule has 32 heavy (non-hydrogen) atoms. The molecule has 0 saturated carbocycles. The van der Waals surface area contributed by atoms with Crippen LogP contribution in [0, 0.1) is 0 Å². The maximum absolute atomic E-state index is 12.8. The van der Waals surface area contributed by atoms with Crippen LogP contribution in [0.3, 0.4) is 0 Å². The minimum absolute atomic E-state index is 0.103. The number of methoxy groups -OCH3 is 1. The molecule has 0 spiro atoms. The average Bonchev–Trinajstić information content (AvgIpc) is 2.80. The van der Waals surface area contributed by atoms with Crippen molar-refractivity contribution >= 4 is 17.8 Å². The number of carbonyl (C=O) groups is 3. The Kier molecular flexibility index (Phi) is 10.2. The van der Waals surface area contributed by atoms with E-state index in [0.29, 0.717) is 18.9 Å². The van der Waals surface area contributed by atoms with E-state index in [4.69, 9.17) is 19.3 Å². The summed E-state index contributed by atoms with van der Waals surface area (Å²) in [7, 11) is 1.35. The van der Waals surface area contributed by atoms with E-state index in [1.54, 1.807) is 36.1 Å². The highest BCUT2D eigenvalue weighted by atomic mass is 16.5. The van der Waals surface area contributed by atoms with Crippen molar-refractivity contribution in [1.29, 1.82) is 0 Å². The van der Waals surface area contributed by atoms with Crippen LogP contribution in [0.15, 0.2) is 54.6 Å². The highest BCUT2D eigenvalue weighted by Crippen LogP contribution is 2.15. The lowest BCUT2D eigenvalue weighted by atomic mass is 10.1. The number of hydrogen-bond acceptors (Lipinski definition) is 6. The van der Waals surface area contributed by atoms with E-state index in [2.05, 4.69) is 0 Å². The zero-order valence-electron chi connectivity index (χ0n) is 18.4. The summed E-state index contributed by atoms with van der Waals surface area (Å²) >= 11 is 0. The molecule has 0 aromatic heterocycles. The zero-order valence-corrected chi connectivity index (χ0v) is 18.4. The fraction of sp³-hybridized carbons (Fsp3) is 0.375. The number of carbonyl (C=O) groups excluding carboxylic acids is 2. The molecule has 0 aliphatic heterocycles. The van der Waals surface area contributed by atoms with Gasteiger partial charge in [-0.3, -0.25) is 9.59 Å². The summed E-state index contributed by atoms with van der Waals surface area (Å²) in [6, 6.07) is 16.3. The second-order valence-electron chi connectivity index (χ2n) is 7.06. The van der Waals surface area contributed by atoms with Gasteiger partial charge in [0, 0.05) is 26.6 Å². The monoisotopic (exact) mass is 443 g/mol. The number of esters is 1. The third-order valence-electron chi connectivity index (χ3n) is 4.73. The first kappa shape index (κ1) is 24.9. The molecule has 0 aliphatic rings. The smallest absolute Gasteiger partial charge is 0.333 e. The minimum Gasteiger partial charge on any atom is -0.484 e. The summed E-state index contributed by atoms with van der Waals surface area (Å²) in [5, 5.41) is 9.08. The van der Waals surface area contributed by atoms with E-state index in [-0.39, 0.29) is 37.9 Å². The molecule has 1 N–H and O–H groups in total. The number of aliphatic carboxylic acids is 1. The van der Waals surface area contributed by atoms with Crippen LogP contribution in [0.1, 0.15) is 24.5 Å². The number of nitrogens with zero attached hydrogens (tertiary/aromatic N) is 1. The van der Waals surface area contributed by atoms with Crippen LogP contribution in [0.25, 0.3) is 0 Å². The quantitative estimate of drug-likeness (QED) is 0.475. The molecular weight excluding hydrogens is 414 g/mol. The maximum atomic E-state index is 12.8. The first-order valence-corrected chi connectivity index (χ1v) is 10.4. The second kappa shape index (κ2) is 13.1. The zero-order chi connectivity index (χ0) is 23.3. The Morgan fingerprint density at radius 3 is 2.28 bits per heavy atom. The number of carboxylic acid groups (broad SMARTS) is 1. The Hall–Kier alpha value is -3.39. The molecule has 8 nitrogen and oxygen atoms in total. The summed E-state index contributed by atoms with van der Waals surface area (Å²) in [5.74, 6) is -1.16. The van der Waals surface area contributed by atoms with E-state index >= 15 is 0 Å². The largest absolute Gasteiger partial charge is 0.484 e. The van der Waals surface area contributed by atoms with Crippen molar-refractivity contribution in [2.75, 3.05) is 26.9 Å². The van der Waals surface area contributed by atoms with Crippen LogP contribution in [0.5, 0.6) is 5.75 Å². The molecule has 8 heteroatoms. The summed E-state index contributed by atoms with van der Waals surface area (Å²) in [6.45, 7) is 2.42. The predicted octanol–water partition coefficient (Wildman–Crippen LogP) is 2.69. The van der Waals surface area contributed by atoms with Gasteiger partial charge in [0.2, 0.25) is 0 Å². The van der Waals surface area contributed by atoms with Crippen molar-refractivity contribution in [2.45, 2.75) is 32.4 Å². The van der Waals surface area contributed by atoms with Crippen LogP contribution in [0.2, 0.25) is 0 Å². The van der Waals surface area contributed by atoms with Crippen LogP contribution >= 0.6 is 0 Å². The fourth-order valence-electron chi connectivity index (χ4n) is 3.00. The Balaban J connectivity index is 1.95. The van der Waals surface area contributed by atoms with Gasteiger partial charge in [-0.05, 0) is 30.2 Å². The number of rotatable bonds is 13. The molecular formula is C24H29NO7. The minimum atomic E-state index is -1.03. The van der Waals surface area contributed by atoms with Gasteiger partial charge in [-0.15, -0.1) is 0 Å². The predicted molar refractivity (Wildman–Crippen MR) is 117 cm³/mol. The van der Waals surface area contributed by atoms with Gasteiger partial charge in [0.05, 0.1) is 13.0 Å². The van der Waals surface area contributed by atoms with E-state index in [0.717, 1.165) is 11.1 Å². The number of benzene rings is 2. The molecule has 0 unspecified atom stereocenters. The van der Waals surface area contributed by atoms with Crippen molar-refractivity contribution in [2.24, 2.45) is 0 Å². The number of ether oxygens (including phenoxy) is 3. The summed E-state index contributed by atoms with van der Waals surface area (Å²) in [5.41, 5.74) is 1.72. The van der Waals surface area contributed by atoms with E-state index in [1.165, 1.54) is 7.11 Å². The summed E-state index contributed by atoms with van der Waals surface area (Å²) in [4.78, 5) is 37.2. The van der Waals surface area contributed by atoms with Gasteiger partial charge in [0.25, 0.3) is 5.91 Å². The van der Waals surface area contributed by atoms with Gasteiger partial charge in [-0.1, -0.05) is 42.5 Å². The first-order valence-electron chi connectivity index (χ1n) is 10.4. The number of amides is 1. The molecule has 1 atom stereocenters. The number of carboxylic acids is 1. The van der Waals surface area contributed by atoms with Crippen molar-refractivity contribution in [3.8, 4) is 5.75 Å². The third kappa shape index (κ3) is 8.39. The normalized spacial score (nSPS) is 11.4. The van der Waals surface area contributed by atoms with Crippen LogP contribution in [0.4, 0.5) is 0 Å². The first-order chi connectivity index (χ1) is 15.4. The van der Waals surface area contributed by atoms with Crippen LogP contribution < -0.4 is 4.74 Å². The molecule has 2 rings (SSSR count). The molecule has 0 fully saturated rings. The van der Waals surface area contributed by atoms with Crippen molar-refractivity contribution in [3.05, 3.63) is 65.7 Å². The van der Waals surface area contributed by atoms with Gasteiger partial charge < -0.3 is 24.2 Å². The molecule has 0 radical (unpaired) electrons.